The van der Waals surface area contributed by atoms with Gasteiger partial charge in [0.05, 0.1) is 11.6 Å². The first-order valence-corrected chi connectivity index (χ1v) is 14.0. The topological polar surface area (TPSA) is 30.3 Å². The van der Waals surface area contributed by atoms with Gasteiger partial charge in [0.2, 0.25) is 0 Å². The van der Waals surface area contributed by atoms with E-state index in [0.717, 1.165) is 24.3 Å². The second-order valence-electron chi connectivity index (χ2n) is 10.8. The fourth-order valence-electron chi connectivity index (χ4n) is 6.94. The van der Waals surface area contributed by atoms with E-state index in [1.165, 1.54) is 44.9 Å². The molecule has 8 rings (SSSR count). The van der Waals surface area contributed by atoms with Gasteiger partial charge in [0.25, 0.3) is 0 Å². The van der Waals surface area contributed by atoms with Crippen LogP contribution in [0.15, 0.2) is 127 Å². The van der Waals surface area contributed by atoms with Crippen molar-refractivity contribution in [2.75, 3.05) is 16.3 Å². The predicted molar refractivity (Wildman–Crippen MR) is 164 cm³/mol. The number of nitrogens with zero attached hydrogens (tertiary/aromatic N) is 3. The summed E-state index contributed by atoms with van der Waals surface area (Å²) in [7, 11) is 0. The molecule has 4 aromatic rings. The van der Waals surface area contributed by atoms with Gasteiger partial charge in [0, 0.05) is 52.4 Å². The Morgan fingerprint density at radius 1 is 0.750 bits per heavy atom. The van der Waals surface area contributed by atoms with E-state index in [4.69, 9.17) is 0 Å². The van der Waals surface area contributed by atoms with Gasteiger partial charge in [-0.3, -0.25) is 0 Å². The molecule has 1 heterocycles. The summed E-state index contributed by atoms with van der Waals surface area (Å²) in [6.07, 6.45) is 15.0. The molecule has 0 amide bonds. The highest BCUT2D eigenvalue weighted by Gasteiger charge is 2.39. The maximum atomic E-state index is 9.40. The van der Waals surface area contributed by atoms with E-state index in [9.17, 15) is 5.26 Å². The van der Waals surface area contributed by atoms with Gasteiger partial charge in [0.15, 0.2) is 0 Å². The molecule has 0 bridgehead atoms. The Hall–Kier alpha value is -5.07. The molecule has 1 aliphatic heterocycles. The second-order valence-corrected chi connectivity index (χ2v) is 10.8. The van der Waals surface area contributed by atoms with Crippen LogP contribution in [0.1, 0.15) is 33.7 Å². The van der Waals surface area contributed by atoms with Crippen molar-refractivity contribution in [3.05, 3.63) is 154 Å². The Balaban J connectivity index is 1.26. The molecule has 0 saturated carbocycles. The molecule has 0 N–H and O–H groups in total. The normalized spacial score (nSPS) is 19.3. The van der Waals surface area contributed by atoms with Crippen LogP contribution in [-0.2, 0) is 6.42 Å². The van der Waals surface area contributed by atoms with Gasteiger partial charge < -0.3 is 9.80 Å². The van der Waals surface area contributed by atoms with Crippen LogP contribution in [0.2, 0.25) is 0 Å². The average molecular weight is 514 g/mol. The number of anilines is 4. The standard InChI is InChI=1S/C37H27N3/c38-24-25-10-16-30(17-11-25)40(29-7-2-1-3-8-29)35-21-15-28-12-18-31-34(39-23-22-26-6-4-5-9-33(26)39)20-14-27-13-19-32(35)37(28)36(27)31/h1-21,32,37H,22-23H2. The summed E-state index contributed by atoms with van der Waals surface area (Å²) in [5.41, 5.74) is 13.6. The van der Waals surface area contributed by atoms with Gasteiger partial charge in [0.1, 0.15) is 0 Å². The van der Waals surface area contributed by atoms with Crippen LogP contribution in [-0.4, -0.2) is 6.54 Å². The Bertz CT molecular complexity index is 1820. The van der Waals surface area contributed by atoms with Gasteiger partial charge in [-0.05, 0) is 83.3 Å². The molecule has 3 aliphatic carbocycles. The molecule has 0 saturated heterocycles. The molecule has 4 aliphatic rings. The molecule has 0 fully saturated rings. The van der Waals surface area contributed by atoms with Crippen molar-refractivity contribution in [3.8, 4) is 6.07 Å². The van der Waals surface area contributed by atoms with Gasteiger partial charge >= 0.3 is 0 Å². The number of rotatable bonds is 4. The van der Waals surface area contributed by atoms with Crippen LogP contribution in [0, 0.1) is 17.2 Å². The van der Waals surface area contributed by atoms with Crippen molar-refractivity contribution in [2.24, 2.45) is 5.92 Å². The molecule has 2 atom stereocenters. The third-order valence-electron chi connectivity index (χ3n) is 8.75. The SMILES string of the molecule is N#Cc1ccc(N(C2=CC=C3C=Cc4c(N5CCc6ccccc65)ccc5c4C3C2C=C5)c2ccccc2)cc1. The molecule has 0 aromatic heterocycles. The zero-order valence-corrected chi connectivity index (χ0v) is 22.0. The first-order chi connectivity index (χ1) is 19.8. The lowest BCUT2D eigenvalue weighted by molar-refractivity contribution is 0.619. The van der Waals surface area contributed by atoms with Gasteiger partial charge in [-0.15, -0.1) is 0 Å². The fourth-order valence-corrected chi connectivity index (χ4v) is 6.94. The minimum Gasteiger partial charge on any atom is -0.340 e. The maximum Gasteiger partial charge on any atom is 0.0991 e. The zero-order valence-electron chi connectivity index (χ0n) is 22.0. The van der Waals surface area contributed by atoms with E-state index >= 15 is 0 Å². The number of hydrogen-bond acceptors (Lipinski definition) is 3. The highest BCUT2D eigenvalue weighted by molar-refractivity contribution is 5.86. The summed E-state index contributed by atoms with van der Waals surface area (Å²) in [6, 6.07) is 34.2. The first-order valence-electron chi connectivity index (χ1n) is 14.0. The fraction of sp³-hybridized carbons (Fsp3) is 0.108. The van der Waals surface area contributed by atoms with Crippen molar-refractivity contribution >= 4 is 34.9 Å². The number of hydrogen-bond donors (Lipinski definition) is 0. The van der Waals surface area contributed by atoms with Crippen LogP contribution in [0.25, 0.3) is 12.2 Å². The summed E-state index contributed by atoms with van der Waals surface area (Å²) < 4.78 is 0. The second kappa shape index (κ2) is 9.00. The minimum atomic E-state index is 0.188. The lowest BCUT2D eigenvalue weighted by atomic mass is 9.67. The van der Waals surface area contributed by atoms with Crippen molar-refractivity contribution in [1.82, 2.24) is 0 Å². The summed E-state index contributed by atoms with van der Waals surface area (Å²) >= 11 is 0. The van der Waals surface area contributed by atoms with Crippen LogP contribution < -0.4 is 9.80 Å². The summed E-state index contributed by atoms with van der Waals surface area (Å²) in [4.78, 5) is 4.86. The average Bonchev–Trinajstić information content (AvgIpc) is 3.45. The number of nitriles is 1. The smallest absolute Gasteiger partial charge is 0.0991 e. The minimum absolute atomic E-state index is 0.188. The van der Waals surface area contributed by atoms with Crippen LogP contribution in [0.4, 0.5) is 22.7 Å². The molecule has 40 heavy (non-hydrogen) atoms. The Kier molecular flexibility index (Phi) is 5.15. The van der Waals surface area contributed by atoms with Crippen LogP contribution in [0.5, 0.6) is 0 Å². The number of fused-ring (bicyclic) bond motifs is 1. The largest absolute Gasteiger partial charge is 0.340 e. The summed E-state index contributed by atoms with van der Waals surface area (Å²) in [6.45, 7) is 1.01. The van der Waals surface area contributed by atoms with Crippen molar-refractivity contribution in [3.63, 3.8) is 0 Å². The molecule has 0 radical (unpaired) electrons. The van der Waals surface area contributed by atoms with E-state index in [2.05, 4.69) is 131 Å². The molecule has 190 valence electrons. The van der Waals surface area contributed by atoms with Gasteiger partial charge in [-0.2, -0.15) is 5.26 Å². The molecule has 4 aromatic carbocycles. The molecular formula is C37H27N3. The Morgan fingerprint density at radius 2 is 1.55 bits per heavy atom. The third kappa shape index (κ3) is 3.43. The van der Waals surface area contributed by atoms with Crippen LogP contribution in [0.3, 0.4) is 0 Å². The number of allylic oxidation sites excluding steroid dienone is 5. The molecule has 3 nitrogen and oxygen atoms in total. The van der Waals surface area contributed by atoms with Crippen molar-refractivity contribution < 1.29 is 0 Å². The monoisotopic (exact) mass is 513 g/mol. The third-order valence-corrected chi connectivity index (χ3v) is 8.75. The number of benzene rings is 4. The van der Waals surface area contributed by atoms with E-state index in [-0.39, 0.29) is 11.8 Å². The van der Waals surface area contributed by atoms with E-state index < -0.39 is 0 Å². The number of para-hydroxylation sites is 2. The van der Waals surface area contributed by atoms with Crippen molar-refractivity contribution in [1.29, 1.82) is 5.26 Å². The summed E-state index contributed by atoms with van der Waals surface area (Å²) in [5.74, 6) is 0.440. The summed E-state index contributed by atoms with van der Waals surface area (Å²) in [5, 5.41) is 9.40. The quantitative estimate of drug-likeness (QED) is 0.273. The lowest BCUT2D eigenvalue weighted by Gasteiger charge is -2.42. The highest BCUT2D eigenvalue weighted by Crippen LogP contribution is 2.53. The lowest BCUT2D eigenvalue weighted by Crippen LogP contribution is -2.31. The zero-order chi connectivity index (χ0) is 26.6. The molecule has 0 spiro atoms. The maximum absolute atomic E-state index is 9.40. The van der Waals surface area contributed by atoms with Gasteiger partial charge in [-0.25, -0.2) is 0 Å². The molecular weight excluding hydrogens is 486 g/mol. The first kappa shape index (κ1) is 22.9. The molecule has 2 unspecified atom stereocenters. The van der Waals surface area contributed by atoms with E-state index in [0.29, 0.717) is 5.56 Å². The van der Waals surface area contributed by atoms with E-state index in [1.54, 1.807) is 0 Å². The van der Waals surface area contributed by atoms with Crippen molar-refractivity contribution in [2.45, 2.75) is 12.3 Å². The Morgan fingerprint density at radius 3 is 2.40 bits per heavy atom. The predicted octanol–water partition coefficient (Wildman–Crippen LogP) is 8.67. The highest BCUT2D eigenvalue weighted by atomic mass is 15.2. The van der Waals surface area contributed by atoms with Gasteiger partial charge in [-0.1, -0.05) is 72.8 Å². The molecule has 3 heteroatoms. The van der Waals surface area contributed by atoms with Crippen LogP contribution >= 0.6 is 0 Å². The Labute approximate surface area is 234 Å². The van der Waals surface area contributed by atoms with E-state index in [1.807, 2.05) is 12.1 Å².